The Morgan fingerprint density at radius 3 is 1.92 bits per heavy atom. The van der Waals surface area contributed by atoms with Gasteiger partial charge in [-0.05, 0) is 83.2 Å². The summed E-state index contributed by atoms with van der Waals surface area (Å²) in [6, 6.07) is 24.4. The van der Waals surface area contributed by atoms with Gasteiger partial charge in [0.05, 0.1) is 0 Å². The first-order valence-electron chi connectivity index (χ1n) is 13.4. The maximum atomic E-state index is 13.4. The van der Waals surface area contributed by atoms with E-state index in [1.54, 1.807) is 32.9 Å². The Bertz CT molecular complexity index is 1260. The van der Waals surface area contributed by atoms with E-state index in [4.69, 9.17) is 4.74 Å². The molecule has 0 heterocycles. The Morgan fingerprint density at radius 2 is 1.36 bits per heavy atom. The fraction of sp³-hybridized carbons (Fsp3) is 0.364. The molecule has 2 N–H and O–H groups in total. The minimum Gasteiger partial charge on any atom is -0.460 e. The van der Waals surface area contributed by atoms with E-state index in [-0.39, 0.29) is 24.7 Å². The summed E-state index contributed by atoms with van der Waals surface area (Å²) in [5.41, 5.74) is 3.56. The monoisotopic (exact) mass is 528 g/mol. The standard InChI is InChI=1S/C33H40N2O4/c1-23-12-14-25(15-13-23)26-16-18-27(19-17-26)30(37)34-28(20-21-29(36)39-32(2,3)4)31(38)35-33(5,6)22-24-10-8-7-9-11-24/h7-19,28H,20-22H2,1-6H3,(H,34,37)(H,35,38)/t28-/m0/s1. The zero-order valence-corrected chi connectivity index (χ0v) is 23.8. The summed E-state index contributed by atoms with van der Waals surface area (Å²) >= 11 is 0. The van der Waals surface area contributed by atoms with Crippen molar-refractivity contribution in [3.8, 4) is 11.1 Å². The lowest BCUT2D eigenvalue weighted by atomic mass is 9.94. The highest BCUT2D eigenvalue weighted by molar-refractivity contribution is 5.98. The minimum atomic E-state index is -0.906. The van der Waals surface area contributed by atoms with Crippen LogP contribution in [0.25, 0.3) is 11.1 Å². The first-order chi connectivity index (χ1) is 18.3. The molecule has 1 atom stereocenters. The molecule has 0 aliphatic rings. The number of carbonyl (C=O) groups is 3. The van der Waals surface area contributed by atoms with Gasteiger partial charge in [0.1, 0.15) is 11.6 Å². The molecule has 6 heteroatoms. The average molecular weight is 529 g/mol. The van der Waals surface area contributed by atoms with Crippen LogP contribution >= 0.6 is 0 Å². The van der Waals surface area contributed by atoms with Crippen molar-refractivity contribution in [2.24, 2.45) is 0 Å². The SMILES string of the molecule is Cc1ccc(-c2ccc(C(=O)N[C@@H](CCC(=O)OC(C)(C)C)C(=O)NC(C)(C)Cc3ccccc3)cc2)cc1. The molecule has 3 aromatic rings. The number of carbonyl (C=O) groups excluding carboxylic acids is 3. The molecule has 0 saturated carbocycles. The molecule has 0 radical (unpaired) electrons. The van der Waals surface area contributed by atoms with Gasteiger partial charge in [0, 0.05) is 17.5 Å². The van der Waals surface area contributed by atoms with Crippen molar-refractivity contribution in [3.63, 3.8) is 0 Å². The molecule has 2 amide bonds. The van der Waals surface area contributed by atoms with Gasteiger partial charge in [0.25, 0.3) is 5.91 Å². The lowest BCUT2D eigenvalue weighted by molar-refractivity contribution is -0.155. The molecule has 0 saturated heterocycles. The van der Waals surface area contributed by atoms with Gasteiger partial charge in [-0.15, -0.1) is 0 Å². The highest BCUT2D eigenvalue weighted by atomic mass is 16.6. The molecule has 206 valence electrons. The van der Waals surface area contributed by atoms with E-state index in [1.165, 1.54) is 5.56 Å². The van der Waals surface area contributed by atoms with Crippen LogP contribution in [0.15, 0.2) is 78.9 Å². The third-order valence-corrected chi connectivity index (χ3v) is 6.16. The summed E-state index contributed by atoms with van der Waals surface area (Å²) in [7, 11) is 0. The highest BCUT2D eigenvalue weighted by Gasteiger charge is 2.29. The van der Waals surface area contributed by atoms with Gasteiger partial charge in [0.15, 0.2) is 0 Å². The number of hydrogen-bond acceptors (Lipinski definition) is 4. The molecular weight excluding hydrogens is 488 g/mol. The molecule has 3 aromatic carbocycles. The molecule has 0 aromatic heterocycles. The number of hydrogen-bond donors (Lipinski definition) is 2. The summed E-state index contributed by atoms with van der Waals surface area (Å²) in [4.78, 5) is 39.0. The first kappa shape index (κ1) is 29.6. The highest BCUT2D eigenvalue weighted by Crippen LogP contribution is 2.21. The van der Waals surface area contributed by atoms with Gasteiger partial charge in [-0.3, -0.25) is 14.4 Å². The van der Waals surface area contributed by atoms with E-state index in [9.17, 15) is 14.4 Å². The average Bonchev–Trinajstić information content (AvgIpc) is 2.86. The van der Waals surface area contributed by atoms with Gasteiger partial charge in [0.2, 0.25) is 5.91 Å². The molecule has 0 unspecified atom stereocenters. The number of nitrogens with one attached hydrogen (secondary N) is 2. The van der Waals surface area contributed by atoms with E-state index in [0.29, 0.717) is 12.0 Å². The van der Waals surface area contributed by atoms with E-state index >= 15 is 0 Å². The Hall–Kier alpha value is -3.93. The van der Waals surface area contributed by atoms with Crippen LogP contribution in [0.1, 0.15) is 68.9 Å². The predicted octanol–water partition coefficient (Wildman–Crippen LogP) is 6.02. The zero-order valence-electron chi connectivity index (χ0n) is 23.8. The molecule has 6 nitrogen and oxygen atoms in total. The number of benzene rings is 3. The molecule has 3 rings (SSSR count). The lowest BCUT2D eigenvalue weighted by Crippen LogP contribution is -2.54. The second-order valence-electron chi connectivity index (χ2n) is 11.6. The molecule has 0 fully saturated rings. The van der Waals surface area contributed by atoms with Gasteiger partial charge in [-0.1, -0.05) is 72.3 Å². The topological polar surface area (TPSA) is 84.5 Å². The number of rotatable bonds is 10. The van der Waals surface area contributed by atoms with E-state index in [0.717, 1.165) is 16.7 Å². The summed E-state index contributed by atoms with van der Waals surface area (Å²) in [5, 5.41) is 5.91. The van der Waals surface area contributed by atoms with Gasteiger partial charge >= 0.3 is 5.97 Å². The number of esters is 1. The van der Waals surface area contributed by atoms with Gasteiger partial charge in [-0.25, -0.2) is 0 Å². The van der Waals surface area contributed by atoms with E-state index in [2.05, 4.69) is 10.6 Å². The maximum absolute atomic E-state index is 13.4. The lowest BCUT2D eigenvalue weighted by Gasteiger charge is -2.29. The Balaban J connectivity index is 1.72. The predicted molar refractivity (Wildman–Crippen MR) is 155 cm³/mol. The van der Waals surface area contributed by atoms with Crippen LogP contribution in [-0.4, -0.2) is 35.0 Å². The van der Waals surface area contributed by atoms with Crippen molar-refractivity contribution < 1.29 is 19.1 Å². The summed E-state index contributed by atoms with van der Waals surface area (Å²) in [6.07, 6.45) is 0.739. The van der Waals surface area contributed by atoms with Crippen LogP contribution in [0.5, 0.6) is 0 Å². The normalized spacial score (nSPS) is 12.4. The first-order valence-corrected chi connectivity index (χ1v) is 13.4. The van der Waals surface area contributed by atoms with E-state index < -0.39 is 23.2 Å². The second-order valence-corrected chi connectivity index (χ2v) is 11.6. The zero-order chi connectivity index (χ0) is 28.6. The van der Waals surface area contributed by atoms with Crippen molar-refractivity contribution in [2.45, 2.75) is 78.0 Å². The van der Waals surface area contributed by atoms with Gasteiger partial charge in [-0.2, -0.15) is 0 Å². The molecule has 0 aliphatic heterocycles. The van der Waals surface area contributed by atoms with Crippen LogP contribution in [0, 0.1) is 6.92 Å². The van der Waals surface area contributed by atoms with Crippen molar-refractivity contribution in [2.75, 3.05) is 0 Å². The smallest absolute Gasteiger partial charge is 0.306 e. The van der Waals surface area contributed by atoms with Crippen LogP contribution < -0.4 is 10.6 Å². The van der Waals surface area contributed by atoms with Crippen molar-refractivity contribution in [1.82, 2.24) is 10.6 Å². The van der Waals surface area contributed by atoms with Crippen molar-refractivity contribution in [1.29, 1.82) is 0 Å². The third kappa shape index (κ3) is 9.71. The molecule has 0 aliphatic carbocycles. The molecule has 39 heavy (non-hydrogen) atoms. The fourth-order valence-electron chi connectivity index (χ4n) is 4.30. The Labute approximate surface area is 232 Å². The Morgan fingerprint density at radius 1 is 0.795 bits per heavy atom. The van der Waals surface area contributed by atoms with E-state index in [1.807, 2.05) is 87.5 Å². The largest absolute Gasteiger partial charge is 0.460 e. The molecule has 0 spiro atoms. The van der Waals surface area contributed by atoms with Gasteiger partial charge < -0.3 is 15.4 Å². The summed E-state index contributed by atoms with van der Waals surface area (Å²) in [6.45, 7) is 11.3. The second kappa shape index (κ2) is 12.7. The van der Waals surface area contributed by atoms with Crippen LogP contribution in [0.3, 0.4) is 0 Å². The Kier molecular flexibility index (Phi) is 9.68. The quantitative estimate of drug-likeness (QED) is 0.315. The number of ether oxygens (including phenoxy) is 1. The van der Waals surface area contributed by atoms with Crippen molar-refractivity contribution >= 4 is 17.8 Å². The van der Waals surface area contributed by atoms with Crippen LogP contribution in [-0.2, 0) is 20.7 Å². The van der Waals surface area contributed by atoms with Crippen molar-refractivity contribution in [3.05, 3.63) is 95.6 Å². The molecular formula is C33H40N2O4. The number of aryl methyl sites for hydroxylation is 1. The fourth-order valence-corrected chi connectivity index (χ4v) is 4.30. The maximum Gasteiger partial charge on any atom is 0.306 e. The number of amides is 2. The summed E-state index contributed by atoms with van der Waals surface area (Å²) in [5.74, 6) is -1.14. The molecule has 0 bridgehead atoms. The van der Waals surface area contributed by atoms with Crippen LogP contribution in [0.4, 0.5) is 0 Å². The summed E-state index contributed by atoms with van der Waals surface area (Å²) < 4.78 is 5.42. The van der Waals surface area contributed by atoms with Crippen LogP contribution in [0.2, 0.25) is 0 Å². The minimum absolute atomic E-state index is 0.00110. The third-order valence-electron chi connectivity index (χ3n) is 6.16.